The van der Waals surface area contributed by atoms with Gasteiger partial charge in [-0.2, -0.15) is 0 Å². The van der Waals surface area contributed by atoms with E-state index in [0.717, 1.165) is 31.7 Å². The molecule has 1 aromatic carbocycles. The van der Waals surface area contributed by atoms with Crippen LogP contribution < -0.4 is 4.74 Å². The molecule has 7 heteroatoms. The van der Waals surface area contributed by atoms with E-state index in [9.17, 15) is 9.59 Å². The second-order valence-corrected chi connectivity index (χ2v) is 8.09. The first-order chi connectivity index (χ1) is 13.9. The van der Waals surface area contributed by atoms with Crippen LogP contribution in [0.4, 0.5) is 4.79 Å². The highest BCUT2D eigenvalue weighted by Crippen LogP contribution is 2.37. The van der Waals surface area contributed by atoms with Crippen LogP contribution in [-0.2, 0) is 16.0 Å². The summed E-state index contributed by atoms with van der Waals surface area (Å²) in [6.07, 6.45) is 3.42. The molecule has 1 atom stereocenters. The molecule has 2 aliphatic heterocycles. The van der Waals surface area contributed by atoms with E-state index in [1.165, 1.54) is 10.5 Å². The third-order valence-electron chi connectivity index (χ3n) is 6.51. The first-order valence-electron chi connectivity index (χ1n) is 10.4. The van der Waals surface area contributed by atoms with E-state index in [2.05, 4.69) is 24.0 Å². The van der Waals surface area contributed by atoms with Gasteiger partial charge in [-0.3, -0.25) is 9.69 Å². The number of urea groups is 1. The number of carbonyl (C=O) groups is 2. The number of imide groups is 1. The van der Waals surface area contributed by atoms with E-state index in [1.807, 2.05) is 12.1 Å². The van der Waals surface area contributed by atoms with Crippen LogP contribution in [0.25, 0.3) is 0 Å². The van der Waals surface area contributed by atoms with Crippen LogP contribution in [0, 0.1) is 0 Å². The van der Waals surface area contributed by atoms with Gasteiger partial charge in [0.05, 0.1) is 13.7 Å². The van der Waals surface area contributed by atoms with Crippen molar-refractivity contribution in [2.24, 2.45) is 0 Å². The number of methoxy groups -OCH3 is 2. The maximum Gasteiger partial charge on any atom is 0.327 e. The van der Waals surface area contributed by atoms with E-state index in [0.29, 0.717) is 32.0 Å². The van der Waals surface area contributed by atoms with Gasteiger partial charge < -0.3 is 19.3 Å². The summed E-state index contributed by atoms with van der Waals surface area (Å²) in [4.78, 5) is 30.9. The van der Waals surface area contributed by atoms with Crippen molar-refractivity contribution in [1.82, 2.24) is 14.7 Å². The molecule has 1 spiro atoms. The molecular formula is C22H33N3O4. The molecule has 0 aliphatic carbocycles. The summed E-state index contributed by atoms with van der Waals surface area (Å²) in [5.74, 6) is 0.811. The van der Waals surface area contributed by atoms with E-state index in [4.69, 9.17) is 9.47 Å². The Morgan fingerprint density at radius 1 is 1.10 bits per heavy atom. The fourth-order valence-corrected chi connectivity index (χ4v) is 4.54. The van der Waals surface area contributed by atoms with Crippen molar-refractivity contribution in [3.63, 3.8) is 0 Å². The van der Waals surface area contributed by atoms with E-state index in [1.54, 1.807) is 26.2 Å². The highest BCUT2D eigenvalue weighted by molar-refractivity contribution is 6.06. The Balaban J connectivity index is 1.58. The fourth-order valence-electron chi connectivity index (χ4n) is 4.54. The van der Waals surface area contributed by atoms with E-state index >= 15 is 0 Å². The first-order valence-corrected chi connectivity index (χ1v) is 10.4. The lowest BCUT2D eigenvalue weighted by Crippen LogP contribution is -2.58. The number of likely N-dealkylation sites (N-methyl/N-ethyl adjacent to an activating group) is 1. The Labute approximate surface area is 173 Å². The van der Waals surface area contributed by atoms with Gasteiger partial charge in [-0.1, -0.05) is 12.1 Å². The molecule has 1 aromatic rings. The third kappa shape index (κ3) is 4.26. The highest BCUT2D eigenvalue weighted by Gasteiger charge is 2.56. The summed E-state index contributed by atoms with van der Waals surface area (Å²) < 4.78 is 10.4. The van der Waals surface area contributed by atoms with Crippen molar-refractivity contribution in [3.05, 3.63) is 29.8 Å². The zero-order chi connectivity index (χ0) is 21.0. The molecule has 160 valence electrons. The number of benzene rings is 1. The zero-order valence-electron chi connectivity index (χ0n) is 18.0. The lowest BCUT2D eigenvalue weighted by atomic mass is 9.85. The maximum absolute atomic E-state index is 12.9. The number of aryl methyl sites for hydroxylation is 1. The second kappa shape index (κ2) is 9.13. The van der Waals surface area contributed by atoms with Gasteiger partial charge in [0, 0.05) is 39.8 Å². The quantitative estimate of drug-likeness (QED) is 0.624. The predicted octanol–water partition coefficient (Wildman–Crippen LogP) is 2.39. The number of amides is 3. The topological polar surface area (TPSA) is 62.3 Å². The Kier molecular flexibility index (Phi) is 6.80. The summed E-state index contributed by atoms with van der Waals surface area (Å²) in [6.45, 7) is 4.78. The number of hydrogen-bond donors (Lipinski definition) is 0. The minimum absolute atomic E-state index is 0.0656. The van der Waals surface area contributed by atoms with Crippen molar-refractivity contribution in [1.29, 1.82) is 0 Å². The van der Waals surface area contributed by atoms with Gasteiger partial charge in [0.1, 0.15) is 11.3 Å². The molecule has 0 aromatic heterocycles. The molecule has 3 amide bonds. The van der Waals surface area contributed by atoms with E-state index < -0.39 is 5.54 Å². The molecule has 0 N–H and O–H groups in total. The number of piperidine rings is 1. The van der Waals surface area contributed by atoms with Crippen LogP contribution >= 0.6 is 0 Å². The third-order valence-corrected chi connectivity index (χ3v) is 6.51. The van der Waals surface area contributed by atoms with Crippen molar-refractivity contribution < 1.29 is 19.1 Å². The molecule has 1 unspecified atom stereocenters. The minimum atomic E-state index is -0.698. The standard InChI is InChI=1S/C22H33N3O4/c1-17(5-6-18-7-9-19(29-4)10-8-18)24-13-11-22(12-14-24)20(26)23(2)21(27)25(22)15-16-28-3/h7-10,17H,5-6,11-16H2,1-4H3. The second-order valence-electron chi connectivity index (χ2n) is 8.09. The number of likely N-dealkylation sites (tertiary alicyclic amines) is 1. The van der Waals surface area contributed by atoms with Crippen molar-refractivity contribution in [3.8, 4) is 5.75 Å². The average Bonchev–Trinajstić information content (AvgIpc) is 2.92. The van der Waals surface area contributed by atoms with Crippen molar-refractivity contribution in [2.45, 2.75) is 44.2 Å². The van der Waals surface area contributed by atoms with Gasteiger partial charge in [0.25, 0.3) is 5.91 Å². The fraction of sp³-hybridized carbons (Fsp3) is 0.636. The van der Waals surface area contributed by atoms with Gasteiger partial charge in [-0.05, 0) is 50.3 Å². The molecule has 0 bridgehead atoms. The van der Waals surface area contributed by atoms with Crippen LogP contribution in [0.5, 0.6) is 5.75 Å². The monoisotopic (exact) mass is 403 g/mol. The van der Waals surface area contributed by atoms with Crippen LogP contribution in [0.2, 0.25) is 0 Å². The lowest BCUT2D eigenvalue weighted by molar-refractivity contribution is -0.135. The Morgan fingerprint density at radius 2 is 1.76 bits per heavy atom. The summed E-state index contributed by atoms with van der Waals surface area (Å²) in [5, 5.41) is 0. The van der Waals surface area contributed by atoms with Crippen LogP contribution in [-0.4, -0.2) is 85.7 Å². The Bertz CT molecular complexity index is 713. The summed E-state index contributed by atoms with van der Waals surface area (Å²) in [5.41, 5.74) is 0.603. The number of hydrogen-bond acceptors (Lipinski definition) is 5. The molecule has 2 heterocycles. The highest BCUT2D eigenvalue weighted by atomic mass is 16.5. The predicted molar refractivity (Wildman–Crippen MR) is 111 cm³/mol. The molecular weight excluding hydrogens is 370 g/mol. The SMILES string of the molecule is COCCN1C(=O)N(C)C(=O)C12CCN(C(C)CCc1ccc(OC)cc1)CC2. The molecule has 0 saturated carbocycles. The first kappa shape index (κ1) is 21.6. The molecule has 3 rings (SSSR count). The normalized spacial score (nSPS) is 20.6. The van der Waals surface area contributed by atoms with E-state index in [-0.39, 0.29) is 11.9 Å². The molecule has 29 heavy (non-hydrogen) atoms. The molecule has 7 nitrogen and oxygen atoms in total. The minimum Gasteiger partial charge on any atom is -0.497 e. The number of rotatable bonds is 8. The zero-order valence-corrected chi connectivity index (χ0v) is 18.0. The average molecular weight is 404 g/mol. The summed E-state index contributed by atoms with van der Waals surface area (Å²) in [7, 11) is 4.88. The van der Waals surface area contributed by atoms with Gasteiger partial charge in [0.2, 0.25) is 0 Å². The van der Waals surface area contributed by atoms with Crippen LogP contribution in [0.3, 0.4) is 0 Å². The van der Waals surface area contributed by atoms with Crippen LogP contribution in [0.15, 0.2) is 24.3 Å². The molecule has 2 fully saturated rings. The van der Waals surface area contributed by atoms with Crippen molar-refractivity contribution in [2.75, 3.05) is 47.5 Å². The Hall–Kier alpha value is -2.12. The number of ether oxygens (including phenoxy) is 2. The van der Waals surface area contributed by atoms with Crippen LogP contribution in [0.1, 0.15) is 31.7 Å². The van der Waals surface area contributed by atoms with Gasteiger partial charge >= 0.3 is 6.03 Å². The molecule has 2 saturated heterocycles. The molecule has 2 aliphatic rings. The summed E-state index contributed by atoms with van der Waals surface area (Å²) in [6, 6.07) is 8.45. The van der Waals surface area contributed by atoms with Crippen molar-refractivity contribution >= 4 is 11.9 Å². The number of nitrogens with zero attached hydrogens (tertiary/aromatic N) is 3. The summed E-state index contributed by atoms with van der Waals surface area (Å²) >= 11 is 0. The van der Waals surface area contributed by atoms with Gasteiger partial charge in [-0.25, -0.2) is 4.79 Å². The Morgan fingerprint density at radius 3 is 2.34 bits per heavy atom. The molecule has 0 radical (unpaired) electrons. The lowest BCUT2D eigenvalue weighted by Gasteiger charge is -2.44. The largest absolute Gasteiger partial charge is 0.497 e. The maximum atomic E-state index is 12.9. The smallest absolute Gasteiger partial charge is 0.327 e. The number of carbonyl (C=O) groups excluding carboxylic acids is 2. The van der Waals surface area contributed by atoms with Gasteiger partial charge in [0.15, 0.2) is 0 Å². The van der Waals surface area contributed by atoms with Gasteiger partial charge in [-0.15, -0.1) is 0 Å².